The zero-order chi connectivity index (χ0) is 60.1. The molecular weight excluding hydrogens is 1240 g/mol. The van der Waals surface area contributed by atoms with Crippen molar-refractivity contribution in [3.8, 4) is 50.1 Å². The highest BCUT2D eigenvalue weighted by Gasteiger charge is 2.32. The molecule has 8 heterocycles. The van der Waals surface area contributed by atoms with Crippen molar-refractivity contribution in [1.29, 1.82) is 0 Å². The molecule has 0 saturated carbocycles. The Kier molecular flexibility index (Phi) is 18.5. The number of thiocarbonyl (C=S) groups is 3. The molecule has 4 aliphatic heterocycles. The number of para-hydroxylation sites is 3. The average molecular weight is 1290 g/mol. The van der Waals surface area contributed by atoms with Gasteiger partial charge in [0.15, 0.2) is 0 Å². The lowest BCUT2D eigenvalue weighted by molar-refractivity contribution is -0.122. The largest absolute Gasteiger partial charge is 0.379 e. The van der Waals surface area contributed by atoms with Gasteiger partial charge in [-0.25, -0.2) is 22.5 Å². The molecule has 4 fully saturated rings. The van der Waals surface area contributed by atoms with Crippen LogP contribution in [0, 0.1) is 0 Å². The number of carbonyl (C=O) groups excluding carboxylic acids is 3. The standard InChI is InChI=1S/C24H22N4O4S3.C20H15N3OS2.C18H13N3OS3/c1-26-23(29)21(34-24(26)33)15-18-16-28(19-5-3-2-4-6-19)25-22(18)17-7-9-20(10-8-17)35(30,31)27-11-13-32-14-12-27;1-22-19(24)17(26-20(22)25)12-15-13-23(16-10-6-3-7-11-16)21-18(15)14-8-4-2-5-9-14;1-20-17(22)15(25-18(20)23)10-12-11-21(13-6-3-2-4-7-13)19-16(12)14-8-5-9-24-14/h2-10,15-16H,11-14H2,1H3;2-13H,1H3;2-11H,1H3/b21-15-;17-12-;15-10-. The predicted molar refractivity (Wildman–Crippen MR) is 357 cm³/mol. The van der Waals surface area contributed by atoms with E-state index in [1.165, 1.54) is 54.3 Å². The second-order valence-electron chi connectivity index (χ2n) is 19.2. The van der Waals surface area contributed by atoms with Crippen LogP contribution < -0.4 is 0 Å². The van der Waals surface area contributed by atoms with Crippen LogP contribution in [0.4, 0.5) is 0 Å². The quantitative estimate of drug-likeness (QED) is 0.0888. The van der Waals surface area contributed by atoms with Crippen molar-refractivity contribution in [1.82, 2.24) is 48.3 Å². The van der Waals surface area contributed by atoms with Gasteiger partial charge in [0.1, 0.15) is 18.7 Å². The van der Waals surface area contributed by atoms with E-state index in [2.05, 4.69) is 0 Å². The normalized spacial score (nSPS) is 17.1. The minimum atomic E-state index is -3.60. The highest BCUT2D eigenvalue weighted by atomic mass is 32.2. The maximum absolute atomic E-state index is 13.0. The fourth-order valence-electron chi connectivity index (χ4n) is 9.05. The van der Waals surface area contributed by atoms with Crippen molar-refractivity contribution in [2.24, 2.45) is 0 Å². The minimum absolute atomic E-state index is 0.0698. The molecule has 0 aliphatic carbocycles. The van der Waals surface area contributed by atoms with Crippen LogP contribution in [0.2, 0.25) is 0 Å². The Labute approximate surface area is 529 Å². The predicted octanol–water partition coefficient (Wildman–Crippen LogP) is 12.2. The fraction of sp³-hybridized carbons (Fsp3) is 0.113. The van der Waals surface area contributed by atoms with Gasteiger partial charge in [-0.15, -0.1) is 11.3 Å². The van der Waals surface area contributed by atoms with Gasteiger partial charge in [0.25, 0.3) is 17.7 Å². The van der Waals surface area contributed by atoms with Gasteiger partial charge in [-0.05, 0) is 78.2 Å². The number of benzene rings is 5. The molecule has 86 heavy (non-hydrogen) atoms. The number of sulfonamides is 1. The summed E-state index contributed by atoms with van der Waals surface area (Å²) in [6, 6.07) is 50.1. The van der Waals surface area contributed by atoms with Gasteiger partial charge in [-0.2, -0.15) is 19.6 Å². The molecule has 0 atom stereocenters. The van der Waals surface area contributed by atoms with Gasteiger partial charge in [-0.1, -0.05) is 175 Å². The van der Waals surface area contributed by atoms with Crippen molar-refractivity contribution < 1.29 is 27.5 Å². The SMILES string of the molecule is CN1C(=O)/C(=C/c2cn(-c3ccccc3)nc2-c2ccc(S(=O)(=O)N3CCOCC3)cc2)SC1=S.CN1C(=O)/C(=C/c2cn(-c3ccccc3)nc2-c2ccccc2)SC1=S.CN1C(=O)/C(=C/c2cn(-c3ccccc3)nc2-c2cccs2)SC1=S. The number of nitrogens with zero attached hydrogens (tertiary/aromatic N) is 10. The Morgan fingerprint density at radius 1 is 0.465 bits per heavy atom. The first kappa shape index (κ1) is 60.0. The molecule has 0 N–H and O–H groups in total. The third-order valence-corrected chi connectivity index (χ3v) is 20.9. The topological polar surface area (TPSA) is 161 Å². The Morgan fingerprint density at radius 2 is 0.826 bits per heavy atom. The maximum Gasteiger partial charge on any atom is 0.265 e. The van der Waals surface area contributed by atoms with E-state index in [4.69, 9.17) is 56.7 Å². The lowest BCUT2D eigenvalue weighted by Gasteiger charge is -2.26. The molecule has 0 radical (unpaired) electrons. The van der Waals surface area contributed by atoms with E-state index >= 15 is 0 Å². The van der Waals surface area contributed by atoms with Crippen LogP contribution in [0.3, 0.4) is 0 Å². The van der Waals surface area contributed by atoms with E-state index < -0.39 is 10.0 Å². The molecule has 13 rings (SSSR count). The van der Waals surface area contributed by atoms with Gasteiger partial charge >= 0.3 is 0 Å². The molecule has 4 saturated heterocycles. The van der Waals surface area contributed by atoms with Crippen LogP contribution in [-0.4, -0.2) is 135 Å². The first-order valence-corrected chi connectivity index (χ1v) is 32.5. The summed E-state index contributed by atoms with van der Waals surface area (Å²) in [5.41, 5.74) is 9.38. The zero-order valence-electron chi connectivity index (χ0n) is 46.1. The summed E-state index contributed by atoms with van der Waals surface area (Å²) >= 11 is 21.2. The van der Waals surface area contributed by atoms with Gasteiger partial charge in [0.2, 0.25) is 10.0 Å². The van der Waals surface area contributed by atoms with E-state index in [1.807, 2.05) is 179 Å². The average Bonchev–Trinajstić information content (AvgIpc) is 4.48. The molecule has 16 nitrogen and oxygen atoms in total. The van der Waals surface area contributed by atoms with E-state index in [1.54, 1.807) is 67.5 Å². The molecule has 4 aromatic heterocycles. The van der Waals surface area contributed by atoms with Gasteiger partial charge in [0, 0.05) is 80.6 Å². The summed E-state index contributed by atoms with van der Waals surface area (Å²) in [5, 5.41) is 16.3. The van der Waals surface area contributed by atoms with E-state index in [-0.39, 0.29) is 22.6 Å². The molecule has 0 spiro atoms. The molecule has 432 valence electrons. The minimum Gasteiger partial charge on any atom is -0.379 e. The van der Waals surface area contributed by atoms with Crippen LogP contribution >= 0.6 is 83.3 Å². The number of aromatic nitrogens is 6. The third kappa shape index (κ3) is 13.1. The van der Waals surface area contributed by atoms with Crippen molar-refractivity contribution in [3.05, 3.63) is 213 Å². The number of amides is 3. The number of thiophene rings is 1. The lowest BCUT2D eigenvalue weighted by atomic mass is 10.1. The number of morpholine rings is 1. The van der Waals surface area contributed by atoms with Gasteiger partial charge in [-0.3, -0.25) is 29.1 Å². The molecule has 3 amide bonds. The van der Waals surface area contributed by atoms with Crippen molar-refractivity contribution >= 4 is 142 Å². The van der Waals surface area contributed by atoms with Crippen LogP contribution in [-0.2, 0) is 29.1 Å². The van der Waals surface area contributed by atoms with E-state index in [0.29, 0.717) is 59.7 Å². The number of hydrogen-bond acceptors (Lipinski definition) is 16. The Bertz CT molecular complexity index is 4260. The monoisotopic (exact) mass is 1290 g/mol. The van der Waals surface area contributed by atoms with Crippen LogP contribution in [0.15, 0.2) is 201 Å². The summed E-state index contributed by atoms with van der Waals surface area (Å²) < 4.78 is 39.8. The van der Waals surface area contributed by atoms with Crippen molar-refractivity contribution in [2.45, 2.75) is 4.90 Å². The molecular formula is C62H50N10O6S8. The second kappa shape index (κ2) is 26.5. The number of ether oxygens (including phenoxy) is 1. The number of thioether (sulfide) groups is 3. The van der Waals surface area contributed by atoms with Crippen molar-refractivity contribution in [2.75, 3.05) is 47.4 Å². The number of hydrogen-bond donors (Lipinski definition) is 0. The molecule has 0 bridgehead atoms. The Balaban J connectivity index is 0.000000137. The number of rotatable bonds is 11. The van der Waals surface area contributed by atoms with Gasteiger partial charge < -0.3 is 4.74 Å². The number of likely N-dealkylation sites (N-methyl/N-ethyl adjacent to an activating group) is 3. The molecule has 4 aliphatic rings. The van der Waals surface area contributed by atoms with Crippen LogP contribution in [0.1, 0.15) is 16.7 Å². The second-order valence-corrected chi connectivity index (χ2v) is 27.2. The zero-order valence-corrected chi connectivity index (χ0v) is 52.6. The van der Waals surface area contributed by atoms with Crippen molar-refractivity contribution in [3.63, 3.8) is 0 Å². The summed E-state index contributed by atoms with van der Waals surface area (Å²) in [4.78, 5) is 44.7. The van der Waals surface area contributed by atoms with E-state index in [0.717, 1.165) is 61.1 Å². The summed E-state index contributed by atoms with van der Waals surface area (Å²) in [6.45, 7) is 1.46. The van der Waals surface area contributed by atoms with Crippen LogP contribution in [0.5, 0.6) is 0 Å². The summed E-state index contributed by atoms with van der Waals surface area (Å²) in [5.74, 6) is -0.309. The van der Waals surface area contributed by atoms with Crippen LogP contribution in [0.25, 0.3) is 68.4 Å². The maximum atomic E-state index is 13.0. The molecule has 5 aromatic carbocycles. The third-order valence-electron chi connectivity index (χ3n) is 13.6. The van der Waals surface area contributed by atoms with E-state index in [9.17, 15) is 22.8 Å². The smallest absolute Gasteiger partial charge is 0.265 e. The molecule has 0 unspecified atom stereocenters. The summed E-state index contributed by atoms with van der Waals surface area (Å²) in [7, 11) is 1.45. The fourth-order valence-corrected chi connectivity index (χ4v) is 14.7. The highest BCUT2D eigenvalue weighted by Crippen LogP contribution is 2.38. The molecule has 9 aromatic rings. The Hall–Kier alpha value is -7.75. The first-order valence-electron chi connectivity index (χ1n) is 26.5. The Morgan fingerprint density at radius 3 is 1.19 bits per heavy atom. The molecule has 24 heteroatoms. The van der Waals surface area contributed by atoms with Gasteiger partial charge in [0.05, 0.1) is 66.2 Å². The summed E-state index contributed by atoms with van der Waals surface area (Å²) in [6.07, 6.45) is 11.3. The highest BCUT2D eigenvalue weighted by molar-refractivity contribution is 8.27. The number of carbonyl (C=O) groups is 3. The first-order chi connectivity index (χ1) is 41.6. The lowest BCUT2D eigenvalue weighted by Crippen LogP contribution is -2.40.